The number of piperidine rings is 1. The van der Waals surface area contributed by atoms with Crippen molar-refractivity contribution in [2.75, 3.05) is 24.5 Å². The van der Waals surface area contributed by atoms with Gasteiger partial charge in [-0.15, -0.1) is 6.58 Å². The van der Waals surface area contributed by atoms with E-state index in [0.717, 1.165) is 54.7 Å². The summed E-state index contributed by atoms with van der Waals surface area (Å²) in [6, 6.07) is 14.5. The highest BCUT2D eigenvalue weighted by Crippen LogP contribution is 2.60. The largest absolute Gasteiger partial charge is 0.508 e. The quantitative estimate of drug-likeness (QED) is 0.635. The normalized spacial score (nSPS) is 26.0. The topological polar surface area (TPSA) is 47.0 Å². The number of phenols is 1. The fourth-order valence-corrected chi connectivity index (χ4v) is 6.52. The fourth-order valence-electron chi connectivity index (χ4n) is 6.52. The Morgan fingerprint density at radius 3 is 2.66 bits per heavy atom. The lowest BCUT2D eigenvalue weighted by atomic mass is 9.76. The van der Waals surface area contributed by atoms with E-state index in [1.165, 1.54) is 0 Å². The van der Waals surface area contributed by atoms with Crippen LogP contribution in [0.4, 0.5) is 11.4 Å². The zero-order chi connectivity index (χ0) is 22.5. The van der Waals surface area contributed by atoms with Gasteiger partial charge in [-0.25, -0.2) is 0 Å². The van der Waals surface area contributed by atoms with E-state index in [0.29, 0.717) is 30.8 Å². The number of carbonyl (C=O) groups excluding carboxylic acids is 1. The van der Waals surface area contributed by atoms with E-state index in [1.807, 2.05) is 49.1 Å². The van der Waals surface area contributed by atoms with Crippen LogP contribution in [-0.4, -0.2) is 52.2 Å². The van der Waals surface area contributed by atoms with Crippen LogP contribution in [0.2, 0.25) is 0 Å². The molecule has 2 fully saturated rings. The minimum absolute atomic E-state index is 0.0725. The number of nitrogens with zero attached hydrogens (tertiary/aromatic N) is 3. The predicted octanol–water partition coefficient (Wildman–Crippen LogP) is 5.25. The molecule has 3 unspecified atom stereocenters. The van der Waals surface area contributed by atoms with E-state index >= 15 is 0 Å². The number of carbonyl (C=O) groups is 1. The summed E-state index contributed by atoms with van der Waals surface area (Å²) in [4.78, 5) is 19.7. The van der Waals surface area contributed by atoms with Crippen molar-refractivity contribution in [3.05, 3.63) is 66.2 Å². The highest BCUT2D eigenvalue weighted by molar-refractivity contribution is 5.94. The molecule has 5 rings (SSSR count). The Morgan fingerprint density at radius 1 is 1.22 bits per heavy atom. The first-order valence-corrected chi connectivity index (χ1v) is 11.9. The van der Waals surface area contributed by atoms with Crippen molar-refractivity contribution < 1.29 is 9.90 Å². The van der Waals surface area contributed by atoms with Crippen LogP contribution in [-0.2, 0) is 0 Å². The molecule has 5 nitrogen and oxygen atoms in total. The summed E-state index contributed by atoms with van der Waals surface area (Å²) < 4.78 is 0. The number of amides is 1. The highest BCUT2D eigenvalue weighted by atomic mass is 16.3. The van der Waals surface area contributed by atoms with Crippen LogP contribution in [0.25, 0.3) is 0 Å². The average Bonchev–Trinajstić information content (AvgIpc) is 3.02. The first-order valence-electron chi connectivity index (χ1n) is 11.9. The van der Waals surface area contributed by atoms with Crippen LogP contribution >= 0.6 is 0 Å². The standard InChI is InChI=1S/C27H33N3O2/c1-4-16-29-22-14-15-27(29)18-20(17-22)25-23(8-7-9-24(25)31)30(27)21-12-10-19(11-13-21)26(32)28(5-2)6-3/h4,7-13,20,22,31H,1,5-6,14-18H2,2-3H3. The van der Waals surface area contributed by atoms with Gasteiger partial charge in [-0.2, -0.15) is 0 Å². The molecular formula is C27H33N3O2. The average molecular weight is 432 g/mol. The van der Waals surface area contributed by atoms with Gasteiger partial charge in [0, 0.05) is 48.2 Å². The smallest absolute Gasteiger partial charge is 0.253 e. The molecule has 0 aromatic heterocycles. The molecule has 2 saturated heterocycles. The van der Waals surface area contributed by atoms with Gasteiger partial charge in [-0.05, 0) is 81.8 Å². The number of aromatic hydroxyl groups is 1. The first-order chi connectivity index (χ1) is 15.5. The van der Waals surface area contributed by atoms with Gasteiger partial charge in [-0.1, -0.05) is 12.1 Å². The molecule has 3 bridgehead atoms. The summed E-state index contributed by atoms with van der Waals surface area (Å²) in [5.41, 5.74) is 3.85. The van der Waals surface area contributed by atoms with Crippen LogP contribution in [0.15, 0.2) is 55.1 Å². The number of anilines is 2. The monoisotopic (exact) mass is 431 g/mol. The van der Waals surface area contributed by atoms with Gasteiger partial charge in [0.25, 0.3) is 5.91 Å². The second-order valence-corrected chi connectivity index (χ2v) is 9.32. The number of benzene rings is 2. The molecule has 3 aliphatic rings. The van der Waals surface area contributed by atoms with E-state index < -0.39 is 0 Å². The summed E-state index contributed by atoms with van der Waals surface area (Å²) in [5, 5.41) is 10.8. The molecule has 0 aliphatic carbocycles. The zero-order valence-electron chi connectivity index (χ0n) is 19.1. The van der Waals surface area contributed by atoms with Crippen molar-refractivity contribution in [1.82, 2.24) is 9.80 Å². The lowest BCUT2D eigenvalue weighted by molar-refractivity contribution is 0.0512. The third kappa shape index (κ3) is 2.98. The van der Waals surface area contributed by atoms with Crippen molar-refractivity contribution in [3.8, 4) is 5.75 Å². The minimum atomic E-state index is -0.118. The van der Waals surface area contributed by atoms with Gasteiger partial charge in [0.2, 0.25) is 0 Å². The van der Waals surface area contributed by atoms with E-state index in [-0.39, 0.29) is 11.6 Å². The maximum absolute atomic E-state index is 12.8. The van der Waals surface area contributed by atoms with Gasteiger partial charge < -0.3 is 14.9 Å². The van der Waals surface area contributed by atoms with Gasteiger partial charge in [0.15, 0.2) is 0 Å². The number of hydrogen-bond donors (Lipinski definition) is 1. The van der Waals surface area contributed by atoms with Crippen molar-refractivity contribution in [2.24, 2.45) is 0 Å². The molecule has 1 N–H and O–H groups in total. The second-order valence-electron chi connectivity index (χ2n) is 9.32. The molecule has 32 heavy (non-hydrogen) atoms. The third-order valence-corrected chi connectivity index (χ3v) is 7.86. The molecule has 3 atom stereocenters. The Morgan fingerprint density at radius 2 is 1.97 bits per heavy atom. The molecule has 0 radical (unpaired) electrons. The number of hydrogen-bond acceptors (Lipinski definition) is 4. The molecule has 168 valence electrons. The molecule has 1 amide bonds. The zero-order valence-corrected chi connectivity index (χ0v) is 19.1. The predicted molar refractivity (Wildman–Crippen MR) is 129 cm³/mol. The molecule has 5 heteroatoms. The fraction of sp³-hybridized carbons (Fsp3) is 0.444. The van der Waals surface area contributed by atoms with Crippen molar-refractivity contribution in [2.45, 2.75) is 57.2 Å². The molecular weight excluding hydrogens is 398 g/mol. The maximum Gasteiger partial charge on any atom is 0.253 e. The summed E-state index contributed by atoms with van der Waals surface area (Å²) in [6.45, 7) is 10.3. The molecule has 1 spiro atoms. The van der Waals surface area contributed by atoms with Crippen molar-refractivity contribution in [3.63, 3.8) is 0 Å². The Kier molecular flexibility index (Phi) is 5.25. The SMILES string of the molecule is C=CCN1C2CCC13CC(C2)c1c(O)cccc1N3c1ccc(C(=O)N(CC)CC)cc1. The van der Waals surface area contributed by atoms with Crippen LogP contribution in [0, 0.1) is 0 Å². The number of rotatable bonds is 6. The van der Waals surface area contributed by atoms with Gasteiger partial charge in [0.1, 0.15) is 5.75 Å². The third-order valence-electron chi connectivity index (χ3n) is 7.86. The Labute approximate surface area is 190 Å². The van der Waals surface area contributed by atoms with Crippen molar-refractivity contribution in [1.29, 1.82) is 0 Å². The molecule has 3 aliphatic heterocycles. The summed E-state index contributed by atoms with van der Waals surface area (Å²) in [7, 11) is 0. The van der Waals surface area contributed by atoms with E-state index in [9.17, 15) is 9.90 Å². The Hall–Kier alpha value is -2.79. The summed E-state index contributed by atoms with van der Waals surface area (Å²) in [6.07, 6.45) is 6.36. The summed E-state index contributed by atoms with van der Waals surface area (Å²) in [5.74, 6) is 0.847. The lowest BCUT2D eigenvalue weighted by Gasteiger charge is -2.58. The Balaban J connectivity index is 1.61. The van der Waals surface area contributed by atoms with Crippen molar-refractivity contribution >= 4 is 17.3 Å². The van der Waals surface area contributed by atoms with E-state index in [2.05, 4.69) is 34.6 Å². The van der Waals surface area contributed by atoms with Crippen LogP contribution in [0.3, 0.4) is 0 Å². The van der Waals surface area contributed by atoms with Gasteiger partial charge in [-0.3, -0.25) is 9.69 Å². The molecule has 2 aromatic rings. The minimum Gasteiger partial charge on any atom is -0.508 e. The first kappa shape index (κ1) is 21.1. The number of fused-ring (bicyclic) bond motifs is 4. The molecule has 2 aromatic carbocycles. The van der Waals surface area contributed by atoms with Crippen LogP contribution < -0.4 is 4.90 Å². The van der Waals surface area contributed by atoms with E-state index in [1.54, 1.807) is 0 Å². The van der Waals surface area contributed by atoms with Gasteiger partial charge >= 0.3 is 0 Å². The number of phenolic OH excluding ortho intramolecular Hbond substituents is 1. The van der Waals surface area contributed by atoms with Gasteiger partial charge in [0.05, 0.1) is 5.66 Å². The van der Waals surface area contributed by atoms with Crippen LogP contribution in [0.5, 0.6) is 5.75 Å². The van der Waals surface area contributed by atoms with E-state index in [4.69, 9.17) is 0 Å². The highest BCUT2D eigenvalue weighted by Gasteiger charge is 2.58. The summed E-state index contributed by atoms with van der Waals surface area (Å²) >= 11 is 0. The maximum atomic E-state index is 12.8. The van der Waals surface area contributed by atoms with Crippen LogP contribution in [0.1, 0.15) is 61.4 Å². The second kappa shape index (κ2) is 7.96. The molecule has 0 saturated carbocycles. The Bertz CT molecular complexity index is 1030. The lowest BCUT2D eigenvalue weighted by Crippen LogP contribution is -2.63. The molecule has 3 heterocycles.